The fourth-order valence-corrected chi connectivity index (χ4v) is 1.49. The summed E-state index contributed by atoms with van der Waals surface area (Å²) in [5.41, 5.74) is 7.57. The smallest absolute Gasteiger partial charge is 0.225 e. The van der Waals surface area contributed by atoms with Crippen LogP contribution in [0.2, 0.25) is 0 Å². The molecule has 0 aliphatic rings. The molecule has 0 saturated heterocycles. The highest BCUT2D eigenvalue weighted by Gasteiger charge is 2.05. The fraction of sp³-hybridized carbons (Fsp3) is 0.250. The molecule has 0 aliphatic carbocycles. The van der Waals surface area contributed by atoms with Crippen LogP contribution in [-0.2, 0) is 6.54 Å². The van der Waals surface area contributed by atoms with Gasteiger partial charge in [-0.3, -0.25) is 0 Å². The number of aryl methyl sites for hydroxylation is 1. The van der Waals surface area contributed by atoms with Gasteiger partial charge < -0.3 is 10.6 Å². The summed E-state index contributed by atoms with van der Waals surface area (Å²) in [6.45, 7) is 2.65. The monoisotopic (exact) mass is 229 g/mol. The Balaban J connectivity index is 2.11. The first kappa shape index (κ1) is 11.3. The van der Waals surface area contributed by atoms with Gasteiger partial charge in [0, 0.05) is 31.7 Å². The molecule has 5 heteroatoms. The third kappa shape index (κ3) is 2.90. The Bertz CT molecular complexity index is 495. The van der Waals surface area contributed by atoms with Gasteiger partial charge >= 0.3 is 0 Å². The molecule has 0 unspecified atom stereocenters. The lowest BCUT2D eigenvalue weighted by Gasteiger charge is -2.16. The zero-order valence-electron chi connectivity index (χ0n) is 9.96. The molecular weight excluding hydrogens is 214 g/mol. The maximum atomic E-state index is 5.54. The van der Waals surface area contributed by atoms with Crippen molar-refractivity contribution in [3.8, 4) is 0 Å². The van der Waals surface area contributed by atoms with Crippen LogP contribution in [0.4, 0.5) is 11.8 Å². The number of nitrogens with zero attached hydrogens (tertiary/aromatic N) is 4. The lowest BCUT2D eigenvalue weighted by atomic mass is 10.2. The molecule has 0 spiro atoms. The highest BCUT2D eigenvalue weighted by molar-refractivity contribution is 5.34. The predicted molar refractivity (Wildman–Crippen MR) is 67.5 cm³/mol. The number of nitrogen functional groups attached to an aromatic ring is 1. The van der Waals surface area contributed by atoms with E-state index >= 15 is 0 Å². The number of hydrogen-bond acceptors (Lipinski definition) is 5. The van der Waals surface area contributed by atoms with Gasteiger partial charge in [-0.25, -0.2) is 15.0 Å². The summed E-state index contributed by atoms with van der Waals surface area (Å²) in [6, 6.07) is 5.62. The van der Waals surface area contributed by atoms with E-state index in [1.54, 1.807) is 18.5 Å². The molecule has 2 aromatic rings. The third-order valence-electron chi connectivity index (χ3n) is 2.39. The molecule has 5 nitrogen and oxygen atoms in total. The lowest BCUT2D eigenvalue weighted by Crippen LogP contribution is -2.19. The van der Waals surface area contributed by atoms with Crippen LogP contribution in [0.15, 0.2) is 30.6 Å². The summed E-state index contributed by atoms with van der Waals surface area (Å²) >= 11 is 0. The van der Waals surface area contributed by atoms with E-state index < -0.39 is 0 Å². The molecule has 0 aliphatic heterocycles. The van der Waals surface area contributed by atoms with E-state index in [4.69, 9.17) is 5.73 Å². The van der Waals surface area contributed by atoms with Gasteiger partial charge in [0.05, 0.1) is 0 Å². The van der Waals surface area contributed by atoms with Gasteiger partial charge in [-0.15, -0.1) is 0 Å². The van der Waals surface area contributed by atoms with Crippen molar-refractivity contribution in [1.82, 2.24) is 15.0 Å². The Labute approximate surface area is 100 Å². The summed E-state index contributed by atoms with van der Waals surface area (Å²) in [4.78, 5) is 14.6. The lowest BCUT2D eigenvalue weighted by molar-refractivity contribution is 0.855. The van der Waals surface area contributed by atoms with Crippen molar-refractivity contribution in [2.24, 2.45) is 0 Å². The van der Waals surface area contributed by atoms with E-state index in [9.17, 15) is 0 Å². The highest BCUT2D eigenvalue weighted by atomic mass is 15.2. The fourth-order valence-electron chi connectivity index (χ4n) is 1.49. The maximum absolute atomic E-state index is 5.54. The van der Waals surface area contributed by atoms with Gasteiger partial charge in [0.2, 0.25) is 5.95 Å². The number of nitrogens with two attached hydrogens (primary N) is 1. The van der Waals surface area contributed by atoms with Crippen molar-refractivity contribution >= 4 is 11.8 Å². The Morgan fingerprint density at radius 1 is 1.24 bits per heavy atom. The van der Waals surface area contributed by atoms with Crippen molar-refractivity contribution in [3.63, 3.8) is 0 Å². The van der Waals surface area contributed by atoms with E-state index in [0.29, 0.717) is 18.3 Å². The van der Waals surface area contributed by atoms with E-state index in [1.807, 2.05) is 31.0 Å². The van der Waals surface area contributed by atoms with E-state index in [2.05, 4.69) is 15.0 Å². The molecule has 88 valence electrons. The Hall–Kier alpha value is -2.17. The van der Waals surface area contributed by atoms with Gasteiger partial charge in [0.1, 0.15) is 5.82 Å². The molecule has 2 heterocycles. The second-order valence-corrected chi connectivity index (χ2v) is 3.95. The number of anilines is 2. The third-order valence-corrected chi connectivity index (χ3v) is 2.39. The van der Waals surface area contributed by atoms with Crippen molar-refractivity contribution in [2.75, 3.05) is 17.7 Å². The molecule has 0 bridgehead atoms. The van der Waals surface area contributed by atoms with Gasteiger partial charge in [-0.05, 0) is 24.6 Å². The van der Waals surface area contributed by atoms with Crippen LogP contribution in [-0.4, -0.2) is 22.0 Å². The second-order valence-electron chi connectivity index (χ2n) is 3.95. The van der Waals surface area contributed by atoms with Crippen LogP contribution in [0, 0.1) is 6.92 Å². The molecule has 0 aromatic carbocycles. The minimum atomic E-state index is 0.531. The molecule has 2 aromatic heterocycles. The summed E-state index contributed by atoms with van der Waals surface area (Å²) in [7, 11) is 1.95. The van der Waals surface area contributed by atoms with Crippen LogP contribution in [0.25, 0.3) is 0 Å². The standard InChI is InChI=1S/C12H15N5/c1-9-5-6-14-12(16-9)17(2)8-10-3-4-11(13)15-7-10/h3-7H,8H2,1-2H3,(H2,13,15). The average Bonchev–Trinajstić information content (AvgIpc) is 2.32. The summed E-state index contributed by atoms with van der Waals surface area (Å²) < 4.78 is 0. The van der Waals surface area contributed by atoms with Gasteiger partial charge in [-0.1, -0.05) is 6.07 Å². The average molecular weight is 229 g/mol. The minimum absolute atomic E-state index is 0.531. The molecule has 0 amide bonds. The van der Waals surface area contributed by atoms with Crippen molar-refractivity contribution in [1.29, 1.82) is 0 Å². The predicted octanol–water partition coefficient (Wildman–Crippen LogP) is 1.40. The summed E-state index contributed by atoms with van der Waals surface area (Å²) in [6.07, 6.45) is 3.52. The zero-order chi connectivity index (χ0) is 12.3. The SMILES string of the molecule is Cc1ccnc(N(C)Cc2ccc(N)nc2)n1. The van der Waals surface area contributed by atoms with Gasteiger partial charge in [-0.2, -0.15) is 0 Å². The van der Waals surface area contributed by atoms with E-state index in [0.717, 1.165) is 11.3 Å². The molecule has 2 N–H and O–H groups in total. The number of rotatable bonds is 3. The van der Waals surface area contributed by atoms with Crippen LogP contribution < -0.4 is 10.6 Å². The van der Waals surface area contributed by atoms with E-state index in [1.165, 1.54) is 0 Å². The maximum Gasteiger partial charge on any atom is 0.225 e. The topological polar surface area (TPSA) is 67.9 Å². The van der Waals surface area contributed by atoms with E-state index in [-0.39, 0.29) is 0 Å². The summed E-state index contributed by atoms with van der Waals surface area (Å²) in [5.74, 6) is 1.24. The quantitative estimate of drug-likeness (QED) is 0.861. The number of hydrogen-bond donors (Lipinski definition) is 1. The first-order valence-electron chi connectivity index (χ1n) is 5.36. The first-order chi connectivity index (χ1) is 8.15. The van der Waals surface area contributed by atoms with Crippen LogP contribution in [0.5, 0.6) is 0 Å². The van der Waals surface area contributed by atoms with Gasteiger partial charge in [0.25, 0.3) is 0 Å². The molecule has 0 fully saturated rings. The van der Waals surface area contributed by atoms with Gasteiger partial charge in [0.15, 0.2) is 0 Å². The zero-order valence-corrected chi connectivity index (χ0v) is 9.96. The molecule has 0 saturated carbocycles. The van der Waals surface area contributed by atoms with Crippen LogP contribution in [0.1, 0.15) is 11.3 Å². The Morgan fingerprint density at radius 2 is 2.06 bits per heavy atom. The molecular formula is C12H15N5. The van der Waals surface area contributed by atoms with Crippen molar-refractivity contribution in [2.45, 2.75) is 13.5 Å². The van der Waals surface area contributed by atoms with Crippen molar-refractivity contribution < 1.29 is 0 Å². The molecule has 17 heavy (non-hydrogen) atoms. The Kier molecular flexibility index (Phi) is 3.18. The number of aromatic nitrogens is 3. The van der Waals surface area contributed by atoms with Crippen LogP contribution in [0.3, 0.4) is 0 Å². The van der Waals surface area contributed by atoms with Crippen LogP contribution >= 0.6 is 0 Å². The highest BCUT2D eigenvalue weighted by Crippen LogP contribution is 2.10. The Morgan fingerprint density at radius 3 is 2.71 bits per heavy atom. The number of pyridine rings is 1. The molecule has 2 rings (SSSR count). The first-order valence-corrected chi connectivity index (χ1v) is 5.36. The van der Waals surface area contributed by atoms with Crippen molar-refractivity contribution in [3.05, 3.63) is 41.9 Å². The largest absolute Gasteiger partial charge is 0.384 e. The molecule has 0 atom stereocenters. The molecule has 0 radical (unpaired) electrons. The summed E-state index contributed by atoms with van der Waals surface area (Å²) in [5, 5.41) is 0. The minimum Gasteiger partial charge on any atom is -0.384 e. The normalized spacial score (nSPS) is 10.2. The second kappa shape index (κ2) is 4.78.